The lowest BCUT2D eigenvalue weighted by molar-refractivity contribution is 0.465. The second-order valence-electron chi connectivity index (χ2n) is 4.58. The summed E-state index contributed by atoms with van der Waals surface area (Å²) in [6.45, 7) is 4.63. The summed E-state index contributed by atoms with van der Waals surface area (Å²) in [5.74, 6) is 0.841. The second kappa shape index (κ2) is 5.62. The smallest absolute Gasteiger partial charge is 0.315 e. The van der Waals surface area contributed by atoms with Gasteiger partial charge in [0.05, 0.1) is 0 Å². The highest BCUT2D eigenvalue weighted by Crippen LogP contribution is 2.11. The summed E-state index contributed by atoms with van der Waals surface area (Å²) in [6.07, 6.45) is 0.759. The monoisotopic (exact) mass is 249 g/mol. The lowest BCUT2D eigenvalue weighted by atomic mass is 10.1. The van der Waals surface area contributed by atoms with E-state index in [1.807, 2.05) is 6.07 Å². The average molecular weight is 249 g/mol. The standard InChI is InChI=1S/C13H16FN3O/c1-9(2)6-12-16-17-13(18-12)15-8-10-4-3-5-11(14)7-10/h3-5,7,9H,6,8H2,1-2H3,(H,15,17). The van der Waals surface area contributed by atoms with Crippen LogP contribution in [0.1, 0.15) is 25.3 Å². The zero-order valence-electron chi connectivity index (χ0n) is 10.5. The number of benzene rings is 1. The Hall–Kier alpha value is -1.91. The maximum Gasteiger partial charge on any atom is 0.315 e. The Morgan fingerprint density at radius 3 is 2.89 bits per heavy atom. The third kappa shape index (κ3) is 3.55. The molecular formula is C13H16FN3O. The van der Waals surface area contributed by atoms with E-state index in [9.17, 15) is 4.39 Å². The van der Waals surface area contributed by atoms with Gasteiger partial charge in [-0.25, -0.2) is 4.39 Å². The van der Waals surface area contributed by atoms with Gasteiger partial charge in [0, 0.05) is 13.0 Å². The first-order chi connectivity index (χ1) is 8.63. The van der Waals surface area contributed by atoms with Gasteiger partial charge < -0.3 is 9.73 Å². The molecule has 18 heavy (non-hydrogen) atoms. The van der Waals surface area contributed by atoms with Gasteiger partial charge in [-0.1, -0.05) is 31.1 Å². The van der Waals surface area contributed by atoms with E-state index < -0.39 is 0 Å². The Bertz CT molecular complexity index is 510. The summed E-state index contributed by atoms with van der Waals surface area (Å²) < 4.78 is 18.4. The van der Waals surface area contributed by atoms with Gasteiger partial charge in [-0.15, -0.1) is 5.10 Å². The maximum absolute atomic E-state index is 13.0. The maximum atomic E-state index is 13.0. The molecule has 0 atom stereocenters. The van der Waals surface area contributed by atoms with E-state index in [-0.39, 0.29) is 5.82 Å². The highest BCUT2D eigenvalue weighted by atomic mass is 19.1. The summed E-state index contributed by atoms with van der Waals surface area (Å²) >= 11 is 0. The van der Waals surface area contributed by atoms with Gasteiger partial charge in [-0.2, -0.15) is 0 Å². The summed E-state index contributed by atoms with van der Waals surface area (Å²) in [5.41, 5.74) is 0.832. The van der Waals surface area contributed by atoms with Gasteiger partial charge in [-0.05, 0) is 23.6 Å². The molecule has 0 aliphatic carbocycles. The molecule has 1 N–H and O–H groups in total. The van der Waals surface area contributed by atoms with Crippen LogP contribution >= 0.6 is 0 Å². The topological polar surface area (TPSA) is 51.0 Å². The van der Waals surface area contributed by atoms with Crippen molar-refractivity contribution in [2.75, 3.05) is 5.32 Å². The Balaban J connectivity index is 1.92. The number of hydrogen-bond acceptors (Lipinski definition) is 4. The first-order valence-corrected chi connectivity index (χ1v) is 5.94. The van der Waals surface area contributed by atoms with Crippen LogP contribution in [0.5, 0.6) is 0 Å². The summed E-state index contributed by atoms with van der Waals surface area (Å²) in [4.78, 5) is 0. The zero-order chi connectivity index (χ0) is 13.0. The van der Waals surface area contributed by atoms with Crippen molar-refractivity contribution in [1.82, 2.24) is 10.2 Å². The Morgan fingerprint density at radius 1 is 1.33 bits per heavy atom. The Kier molecular flexibility index (Phi) is 3.92. The molecule has 0 unspecified atom stereocenters. The number of rotatable bonds is 5. The molecule has 2 rings (SSSR count). The third-order valence-electron chi connectivity index (χ3n) is 2.38. The number of nitrogens with zero attached hydrogens (tertiary/aromatic N) is 2. The van der Waals surface area contributed by atoms with E-state index in [1.165, 1.54) is 12.1 Å². The number of hydrogen-bond donors (Lipinski definition) is 1. The second-order valence-corrected chi connectivity index (χ2v) is 4.58. The van der Waals surface area contributed by atoms with E-state index in [1.54, 1.807) is 6.07 Å². The summed E-state index contributed by atoms with van der Waals surface area (Å²) in [7, 11) is 0. The molecule has 0 saturated carbocycles. The van der Waals surface area contributed by atoms with Crippen LogP contribution in [-0.4, -0.2) is 10.2 Å². The molecule has 5 heteroatoms. The highest BCUT2D eigenvalue weighted by molar-refractivity contribution is 5.24. The third-order valence-corrected chi connectivity index (χ3v) is 2.38. The fraction of sp³-hybridized carbons (Fsp3) is 0.385. The van der Waals surface area contributed by atoms with Crippen molar-refractivity contribution < 1.29 is 8.81 Å². The van der Waals surface area contributed by atoms with Crippen molar-refractivity contribution in [3.05, 3.63) is 41.5 Å². The normalized spacial score (nSPS) is 10.9. The van der Waals surface area contributed by atoms with Crippen molar-refractivity contribution in [2.24, 2.45) is 5.92 Å². The van der Waals surface area contributed by atoms with E-state index in [0.29, 0.717) is 24.4 Å². The molecule has 0 aliphatic rings. The molecule has 1 aromatic heterocycles. The van der Waals surface area contributed by atoms with Crippen LogP contribution in [0.4, 0.5) is 10.4 Å². The van der Waals surface area contributed by atoms with Crippen LogP contribution in [0.3, 0.4) is 0 Å². The first kappa shape index (κ1) is 12.5. The van der Waals surface area contributed by atoms with Crippen molar-refractivity contribution in [3.63, 3.8) is 0 Å². The van der Waals surface area contributed by atoms with Crippen molar-refractivity contribution >= 4 is 6.01 Å². The molecule has 0 bridgehead atoms. The molecule has 2 aromatic rings. The van der Waals surface area contributed by atoms with Gasteiger partial charge in [0.25, 0.3) is 0 Å². The van der Waals surface area contributed by atoms with E-state index in [4.69, 9.17) is 4.42 Å². The summed E-state index contributed by atoms with van der Waals surface area (Å²) in [6, 6.07) is 6.76. The molecule has 1 heterocycles. The molecular weight excluding hydrogens is 233 g/mol. The zero-order valence-corrected chi connectivity index (χ0v) is 10.5. The largest absolute Gasteiger partial charge is 0.408 e. The van der Waals surface area contributed by atoms with Crippen LogP contribution in [0.15, 0.2) is 28.7 Å². The molecule has 0 spiro atoms. The van der Waals surface area contributed by atoms with Crippen LogP contribution in [0.25, 0.3) is 0 Å². The lowest BCUT2D eigenvalue weighted by Gasteiger charge is -2.01. The number of anilines is 1. The number of aromatic nitrogens is 2. The minimum absolute atomic E-state index is 0.250. The van der Waals surface area contributed by atoms with Gasteiger partial charge >= 0.3 is 6.01 Å². The predicted octanol–water partition coefficient (Wildman–Crippen LogP) is 3.02. The molecule has 96 valence electrons. The fourth-order valence-corrected chi connectivity index (χ4v) is 1.58. The fourth-order valence-electron chi connectivity index (χ4n) is 1.58. The predicted molar refractivity (Wildman–Crippen MR) is 66.6 cm³/mol. The quantitative estimate of drug-likeness (QED) is 0.885. The number of nitrogens with one attached hydrogen (secondary N) is 1. The van der Waals surface area contributed by atoms with Gasteiger partial charge in [0.1, 0.15) is 5.82 Å². The van der Waals surface area contributed by atoms with Crippen LogP contribution in [0, 0.1) is 11.7 Å². The van der Waals surface area contributed by atoms with Gasteiger partial charge in [-0.3, -0.25) is 0 Å². The van der Waals surface area contributed by atoms with Crippen molar-refractivity contribution in [3.8, 4) is 0 Å². The lowest BCUT2D eigenvalue weighted by Crippen LogP contribution is -1.99. The van der Waals surface area contributed by atoms with Crippen LogP contribution < -0.4 is 5.32 Å². The average Bonchev–Trinajstić information content (AvgIpc) is 2.73. The molecule has 1 aromatic carbocycles. The molecule has 0 amide bonds. The summed E-state index contributed by atoms with van der Waals surface area (Å²) in [5, 5.41) is 10.8. The van der Waals surface area contributed by atoms with Gasteiger partial charge in [0.15, 0.2) is 0 Å². The van der Waals surface area contributed by atoms with Crippen molar-refractivity contribution in [2.45, 2.75) is 26.8 Å². The molecule has 0 saturated heterocycles. The molecule has 0 fully saturated rings. The number of halogens is 1. The molecule has 0 aliphatic heterocycles. The minimum atomic E-state index is -0.250. The molecule has 0 radical (unpaired) electrons. The van der Waals surface area contributed by atoms with Gasteiger partial charge in [0.2, 0.25) is 5.89 Å². The first-order valence-electron chi connectivity index (χ1n) is 5.94. The molecule has 4 nitrogen and oxygen atoms in total. The van der Waals surface area contributed by atoms with E-state index >= 15 is 0 Å². The highest BCUT2D eigenvalue weighted by Gasteiger charge is 2.07. The van der Waals surface area contributed by atoms with Crippen LogP contribution in [0.2, 0.25) is 0 Å². The van der Waals surface area contributed by atoms with Crippen molar-refractivity contribution in [1.29, 1.82) is 0 Å². The van der Waals surface area contributed by atoms with E-state index in [0.717, 1.165) is 12.0 Å². The Labute approximate surface area is 105 Å². The van der Waals surface area contributed by atoms with E-state index in [2.05, 4.69) is 29.4 Å². The van der Waals surface area contributed by atoms with Crippen LogP contribution in [-0.2, 0) is 13.0 Å². The minimum Gasteiger partial charge on any atom is -0.408 e. The SMILES string of the molecule is CC(C)Cc1nnc(NCc2cccc(F)c2)o1. The Morgan fingerprint density at radius 2 is 2.17 bits per heavy atom.